The van der Waals surface area contributed by atoms with Gasteiger partial charge >= 0.3 is 0 Å². The summed E-state index contributed by atoms with van der Waals surface area (Å²) in [6, 6.07) is 2.21. The lowest BCUT2D eigenvalue weighted by molar-refractivity contribution is 0.388. The van der Waals surface area contributed by atoms with Crippen molar-refractivity contribution < 1.29 is 4.52 Å². The number of hydrogen-bond acceptors (Lipinski definition) is 3. The highest BCUT2D eigenvalue weighted by atomic mass is 16.5. The summed E-state index contributed by atoms with van der Waals surface area (Å²) in [5.74, 6) is 1.25. The molecule has 0 aromatic carbocycles. The van der Waals surface area contributed by atoms with Gasteiger partial charge in [-0.2, -0.15) is 0 Å². The van der Waals surface area contributed by atoms with Crippen molar-refractivity contribution in [3.05, 3.63) is 17.5 Å². The maximum absolute atomic E-state index is 5.90. The van der Waals surface area contributed by atoms with Crippen LogP contribution < -0.4 is 5.73 Å². The zero-order valence-corrected chi connectivity index (χ0v) is 7.66. The van der Waals surface area contributed by atoms with Crippen LogP contribution in [0.4, 0.5) is 0 Å². The van der Waals surface area contributed by atoms with Gasteiger partial charge in [-0.3, -0.25) is 0 Å². The minimum absolute atomic E-state index is 0.198. The Morgan fingerprint density at radius 1 is 1.58 bits per heavy atom. The summed E-state index contributed by atoms with van der Waals surface area (Å²) in [7, 11) is 0. The molecule has 1 saturated carbocycles. The van der Waals surface area contributed by atoms with E-state index in [2.05, 4.69) is 19.0 Å². The Hall–Kier alpha value is -0.830. The minimum Gasteiger partial charge on any atom is -0.361 e. The van der Waals surface area contributed by atoms with E-state index in [4.69, 9.17) is 10.3 Å². The molecule has 0 radical (unpaired) electrons. The lowest BCUT2D eigenvalue weighted by Crippen LogP contribution is -2.06. The summed E-state index contributed by atoms with van der Waals surface area (Å²) < 4.78 is 5.00. The molecule has 2 N–H and O–H groups in total. The molecular formula is C9H14N2O. The topological polar surface area (TPSA) is 52.0 Å². The van der Waals surface area contributed by atoms with Gasteiger partial charge in [0.1, 0.15) is 5.76 Å². The SMILES string of the molecule is Cc1cc([C@H]2[C@H](N)C2(C)C)no1. The number of nitrogens with zero attached hydrogens (tertiary/aromatic N) is 1. The standard InChI is InChI=1S/C9H14N2O/c1-5-4-6(11-12-5)7-8(10)9(7,2)3/h4,7-8H,10H2,1-3H3/t7-,8-/m0/s1. The van der Waals surface area contributed by atoms with Crippen LogP contribution in [0.5, 0.6) is 0 Å². The van der Waals surface area contributed by atoms with Gasteiger partial charge in [-0.1, -0.05) is 19.0 Å². The first kappa shape index (κ1) is 7.80. The zero-order valence-electron chi connectivity index (χ0n) is 7.66. The van der Waals surface area contributed by atoms with Gasteiger partial charge in [0.2, 0.25) is 0 Å². The molecule has 0 amide bonds. The average molecular weight is 166 g/mol. The summed E-state index contributed by atoms with van der Waals surface area (Å²) >= 11 is 0. The number of rotatable bonds is 1. The molecule has 1 heterocycles. The van der Waals surface area contributed by atoms with Crippen molar-refractivity contribution in [1.82, 2.24) is 5.16 Å². The summed E-state index contributed by atoms with van der Waals surface area (Å²) in [6.07, 6.45) is 0. The maximum atomic E-state index is 5.90. The smallest absolute Gasteiger partial charge is 0.133 e. The molecule has 1 aromatic heterocycles. The van der Waals surface area contributed by atoms with Crippen LogP contribution in [0, 0.1) is 12.3 Å². The number of aromatic nitrogens is 1. The van der Waals surface area contributed by atoms with Gasteiger partial charge in [0.15, 0.2) is 0 Å². The average Bonchev–Trinajstić information content (AvgIpc) is 2.38. The number of nitrogens with two attached hydrogens (primary N) is 1. The molecule has 2 rings (SSSR count). The van der Waals surface area contributed by atoms with E-state index in [9.17, 15) is 0 Å². The highest BCUT2D eigenvalue weighted by Gasteiger charge is 2.57. The Morgan fingerprint density at radius 2 is 2.17 bits per heavy atom. The van der Waals surface area contributed by atoms with Crippen LogP contribution >= 0.6 is 0 Å². The molecule has 0 unspecified atom stereocenters. The summed E-state index contributed by atoms with van der Waals surface area (Å²) in [5, 5.41) is 3.97. The van der Waals surface area contributed by atoms with Crippen LogP contribution in [0.25, 0.3) is 0 Å². The number of hydrogen-bond donors (Lipinski definition) is 1. The van der Waals surface area contributed by atoms with Gasteiger partial charge in [-0.05, 0) is 12.3 Å². The molecule has 3 heteroatoms. The van der Waals surface area contributed by atoms with Crippen molar-refractivity contribution >= 4 is 0 Å². The summed E-state index contributed by atoms with van der Waals surface area (Å²) in [4.78, 5) is 0. The second-order valence-electron chi connectivity index (χ2n) is 4.19. The molecule has 12 heavy (non-hydrogen) atoms. The molecule has 1 aliphatic carbocycles. The second-order valence-corrected chi connectivity index (χ2v) is 4.19. The van der Waals surface area contributed by atoms with E-state index in [-0.39, 0.29) is 11.5 Å². The lowest BCUT2D eigenvalue weighted by Gasteiger charge is -1.96. The van der Waals surface area contributed by atoms with Gasteiger partial charge in [0.25, 0.3) is 0 Å². The van der Waals surface area contributed by atoms with Crippen molar-refractivity contribution in [3.63, 3.8) is 0 Å². The third kappa shape index (κ3) is 0.894. The van der Waals surface area contributed by atoms with Crippen molar-refractivity contribution in [3.8, 4) is 0 Å². The van der Waals surface area contributed by atoms with Gasteiger partial charge in [-0.15, -0.1) is 0 Å². The van der Waals surface area contributed by atoms with Crippen LogP contribution in [0.2, 0.25) is 0 Å². The van der Waals surface area contributed by atoms with Crippen LogP contribution in [-0.4, -0.2) is 11.2 Å². The van der Waals surface area contributed by atoms with Crippen molar-refractivity contribution in [2.24, 2.45) is 11.1 Å². The van der Waals surface area contributed by atoms with Gasteiger partial charge < -0.3 is 10.3 Å². The first-order chi connectivity index (χ1) is 5.53. The zero-order chi connectivity index (χ0) is 8.93. The quantitative estimate of drug-likeness (QED) is 0.686. The Labute approximate surface area is 71.9 Å². The number of aryl methyl sites for hydroxylation is 1. The third-order valence-electron chi connectivity index (χ3n) is 2.88. The van der Waals surface area contributed by atoms with Crippen LogP contribution in [0.15, 0.2) is 10.6 Å². The van der Waals surface area contributed by atoms with E-state index in [0.717, 1.165) is 11.5 Å². The van der Waals surface area contributed by atoms with Crippen molar-refractivity contribution in [1.29, 1.82) is 0 Å². The molecule has 1 aliphatic rings. The van der Waals surface area contributed by atoms with Crippen molar-refractivity contribution in [2.45, 2.75) is 32.7 Å². The lowest BCUT2D eigenvalue weighted by atomic mass is 10.1. The summed E-state index contributed by atoms with van der Waals surface area (Å²) in [6.45, 7) is 6.22. The fourth-order valence-electron chi connectivity index (χ4n) is 1.77. The highest BCUT2D eigenvalue weighted by Crippen LogP contribution is 2.56. The monoisotopic (exact) mass is 166 g/mol. The van der Waals surface area contributed by atoms with Crippen LogP contribution in [0.3, 0.4) is 0 Å². The fourth-order valence-corrected chi connectivity index (χ4v) is 1.77. The van der Waals surface area contributed by atoms with E-state index < -0.39 is 0 Å². The van der Waals surface area contributed by atoms with Crippen molar-refractivity contribution in [2.75, 3.05) is 0 Å². The van der Waals surface area contributed by atoms with Gasteiger partial charge in [0.05, 0.1) is 5.69 Å². The van der Waals surface area contributed by atoms with Gasteiger partial charge in [-0.25, -0.2) is 0 Å². The predicted octanol–water partition coefficient (Wildman–Crippen LogP) is 1.43. The van der Waals surface area contributed by atoms with E-state index in [0.29, 0.717) is 5.92 Å². The first-order valence-corrected chi connectivity index (χ1v) is 4.22. The van der Waals surface area contributed by atoms with E-state index in [1.807, 2.05) is 13.0 Å². The Kier molecular flexibility index (Phi) is 1.37. The third-order valence-corrected chi connectivity index (χ3v) is 2.88. The molecule has 1 fully saturated rings. The van der Waals surface area contributed by atoms with E-state index >= 15 is 0 Å². The second kappa shape index (κ2) is 2.10. The largest absolute Gasteiger partial charge is 0.361 e. The molecular weight excluding hydrogens is 152 g/mol. The Balaban J connectivity index is 2.24. The van der Waals surface area contributed by atoms with E-state index in [1.54, 1.807) is 0 Å². The Bertz CT molecular complexity index is 303. The normalized spacial score (nSPS) is 32.0. The first-order valence-electron chi connectivity index (χ1n) is 4.22. The molecule has 1 aromatic rings. The van der Waals surface area contributed by atoms with Gasteiger partial charge in [0, 0.05) is 18.0 Å². The molecule has 2 atom stereocenters. The molecule has 0 aliphatic heterocycles. The molecule has 0 spiro atoms. The molecule has 0 saturated heterocycles. The maximum Gasteiger partial charge on any atom is 0.133 e. The molecule has 3 nitrogen and oxygen atoms in total. The minimum atomic E-state index is 0.198. The molecule has 66 valence electrons. The van der Waals surface area contributed by atoms with E-state index in [1.165, 1.54) is 0 Å². The van der Waals surface area contributed by atoms with Crippen LogP contribution in [0.1, 0.15) is 31.2 Å². The fraction of sp³-hybridized carbons (Fsp3) is 0.667. The predicted molar refractivity (Wildman–Crippen MR) is 45.7 cm³/mol. The summed E-state index contributed by atoms with van der Waals surface area (Å²) in [5.41, 5.74) is 7.11. The molecule has 0 bridgehead atoms. The van der Waals surface area contributed by atoms with Crippen LogP contribution in [-0.2, 0) is 0 Å². The highest BCUT2D eigenvalue weighted by molar-refractivity contribution is 5.28. The Morgan fingerprint density at radius 3 is 2.50 bits per heavy atom.